The Kier molecular flexibility index (Phi) is 10.7. The first-order valence-corrected chi connectivity index (χ1v) is 19.6. The molecule has 4 heterocycles. The van der Waals surface area contributed by atoms with Crippen molar-refractivity contribution in [3.05, 3.63) is 131 Å². The minimum absolute atomic E-state index is 0.0528. The minimum atomic E-state index is -1.40. The van der Waals surface area contributed by atoms with E-state index in [-0.39, 0.29) is 18.4 Å². The number of aromatic nitrogens is 1. The van der Waals surface area contributed by atoms with Crippen LogP contribution in [0.4, 0.5) is 0 Å². The number of benzene rings is 4. The third-order valence-corrected chi connectivity index (χ3v) is 11.7. The number of nitrogens with two attached hydrogens (primary N) is 2. The lowest BCUT2D eigenvalue weighted by molar-refractivity contribution is -0.143. The fourth-order valence-corrected chi connectivity index (χ4v) is 8.32. The molecule has 5 aromatic rings. The molecule has 11 nitrogen and oxygen atoms in total. The monoisotopic (exact) mass is 753 g/mol. The predicted octanol–water partition coefficient (Wildman–Crippen LogP) is 5.23. The van der Waals surface area contributed by atoms with Gasteiger partial charge in [0.15, 0.2) is 5.60 Å². The molecule has 1 aromatic heterocycles. The van der Waals surface area contributed by atoms with Crippen LogP contribution < -0.4 is 21.7 Å². The van der Waals surface area contributed by atoms with Crippen LogP contribution in [0, 0.1) is 0 Å². The number of hydrogen-bond donors (Lipinski definition) is 3. The Bertz CT molecular complexity index is 2240. The van der Waals surface area contributed by atoms with Gasteiger partial charge < -0.3 is 40.3 Å². The van der Waals surface area contributed by atoms with Crippen molar-refractivity contribution in [3.8, 4) is 5.75 Å². The van der Waals surface area contributed by atoms with Crippen LogP contribution in [-0.4, -0.2) is 78.1 Å². The van der Waals surface area contributed by atoms with E-state index in [1.807, 2.05) is 46.2 Å². The maximum absolute atomic E-state index is 13.7. The molecule has 8 rings (SSSR count). The summed E-state index contributed by atoms with van der Waals surface area (Å²) in [6, 6.07) is 31.2. The number of fused-ring (bicyclic) bond motifs is 1. The third kappa shape index (κ3) is 7.69. The van der Waals surface area contributed by atoms with Gasteiger partial charge in [0, 0.05) is 61.2 Å². The molecule has 0 unspecified atom stereocenters. The standard InChI is InChI=1S/C44H48BN5O6/c1-44(28-54-36-11-4-10-35(24-36)41(51)49-18-14-31(15-19-49)33-8-2-6-29(22-33)26-46)43(53)55-45(56-44)38-12-5-13-39-37(38)25-40(48-39)42(52)50-20-16-32(17-21-50)34-9-3-7-30(23-34)27-47/h2-13,22-25,31-32,48H,14-21,26-28,46-47H2,1H3/t44-/m1/s1. The second-order valence-corrected chi connectivity index (χ2v) is 15.4. The number of rotatable bonds is 10. The van der Waals surface area contributed by atoms with E-state index in [9.17, 15) is 14.4 Å². The zero-order chi connectivity index (χ0) is 38.8. The highest BCUT2D eigenvalue weighted by Gasteiger charge is 2.51. The molecule has 0 aliphatic carbocycles. The van der Waals surface area contributed by atoms with Crippen LogP contribution in [0.3, 0.4) is 0 Å². The SMILES string of the molecule is C[C@]1(COc2cccc(C(=O)N3CCC(c4cccc(CN)c4)CC3)c2)OB(c2cccc3[nH]c(C(=O)N4CCC(c5cccc(CN)c5)CC4)cc23)OC1=O. The molecule has 3 saturated heterocycles. The van der Waals surface area contributed by atoms with Gasteiger partial charge in [0.2, 0.25) is 0 Å². The number of piperidine rings is 2. The molecule has 4 aromatic carbocycles. The fourth-order valence-electron chi connectivity index (χ4n) is 8.32. The van der Waals surface area contributed by atoms with Crippen molar-refractivity contribution in [3.63, 3.8) is 0 Å². The molecule has 12 heteroatoms. The van der Waals surface area contributed by atoms with E-state index >= 15 is 0 Å². The summed E-state index contributed by atoms with van der Waals surface area (Å²) in [6.45, 7) is 5.17. The van der Waals surface area contributed by atoms with Crippen molar-refractivity contribution in [2.24, 2.45) is 11.5 Å². The van der Waals surface area contributed by atoms with Gasteiger partial charge in [-0.3, -0.25) is 14.4 Å². The molecule has 56 heavy (non-hydrogen) atoms. The molecule has 2 amide bonds. The van der Waals surface area contributed by atoms with Crippen LogP contribution in [0.25, 0.3) is 10.9 Å². The van der Waals surface area contributed by atoms with Crippen molar-refractivity contribution in [1.82, 2.24) is 14.8 Å². The van der Waals surface area contributed by atoms with Crippen LogP contribution in [0.5, 0.6) is 5.75 Å². The van der Waals surface area contributed by atoms with E-state index in [0.29, 0.717) is 73.6 Å². The molecule has 3 aliphatic rings. The molecule has 0 spiro atoms. The van der Waals surface area contributed by atoms with Crippen molar-refractivity contribution in [2.75, 3.05) is 32.8 Å². The number of carbonyl (C=O) groups is 3. The van der Waals surface area contributed by atoms with E-state index in [1.165, 1.54) is 11.1 Å². The number of H-pyrrole nitrogens is 1. The lowest BCUT2D eigenvalue weighted by atomic mass is 9.77. The van der Waals surface area contributed by atoms with E-state index in [0.717, 1.165) is 47.7 Å². The zero-order valence-electron chi connectivity index (χ0n) is 31.7. The largest absolute Gasteiger partial charge is 0.566 e. The smallest absolute Gasteiger partial charge is 0.504 e. The fraction of sp³-hybridized carbons (Fsp3) is 0.341. The second kappa shape index (κ2) is 16.0. The van der Waals surface area contributed by atoms with Crippen molar-refractivity contribution in [2.45, 2.75) is 63.1 Å². The molecule has 0 saturated carbocycles. The number of hydrogen-bond acceptors (Lipinski definition) is 8. The quantitative estimate of drug-likeness (QED) is 0.164. The first-order chi connectivity index (χ1) is 27.2. The normalized spacial score (nSPS) is 19.4. The average Bonchev–Trinajstić information content (AvgIpc) is 3.83. The molecule has 0 bridgehead atoms. The number of aromatic amines is 1. The van der Waals surface area contributed by atoms with Crippen molar-refractivity contribution >= 4 is 41.3 Å². The van der Waals surface area contributed by atoms with E-state index in [1.54, 1.807) is 31.2 Å². The van der Waals surface area contributed by atoms with E-state index in [2.05, 4.69) is 41.4 Å². The molecule has 0 radical (unpaired) electrons. The second-order valence-electron chi connectivity index (χ2n) is 15.4. The summed E-state index contributed by atoms with van der Waals surface area (Å²) < 4.78 is 18.1. The van der Waals surface area contributed by atoms with Gasteiger partial charge in [0.1, 0.15) is 18.1 Å². The first-order valence-electron chi connectivity index (χ1n) is 19.6. The molecule has 3 aliphatic heterocycles. The van der Waals surface area contributed by atoms with Crippen molar-refractivity contribution in [1.29, 1.82) is 0 Å². The Labute approximate surface area is 327 Å². The van der Waals surface area contributed by atoms with Gasteiger partial charge in [-0.1, -0.05) is 66.7 Å². The Hall–Kier alpha value is -5.43. The maximum atomic E-state index is 13.7. The number of amides is 2. The summed E-state index contributed by atoms with van der Waals surface area (Å²) in [7, 11) is -0.993. The van der Waals surface area contributed by atoms with Gasteiger partial charge in [-0.05, 0) is 97.0 Å². The summed E-state index contributed by atoms with van der Waals surface area (Å²) in [4.78, 5) is 47.6. The molecular weight excluding hydrogens is 705 g/mol. The number of nitrogens with one attached hydrogen (secondary N) is 1. The molecular formula is C44H48BN5O6. The number of likely N-dealkylation sites (tertiary alicyclic amines) is 2. The Morgan fingerprint density at radius 3 is 2.00 bits per heavy atom. The number of ether oxygens (including phenoxy) is 1. The zero-order valence-corrected chi connectivity index (χ0v) is 31.7. The summed E-state index contributed by atoms with van der Waals surface area (Å²) in [5.41, 5.74) is 17.5. The van der Waals surface area contributed by atoms with Gasteiger partial charge >= 0.3 is 13.1 Å². The average molecular weight is 754 g/mol. The first kappa shape index (κ1) is 37.5. The Morgan fingerprint density at radius 1 is 0.786 bits per heavy atom. The van der Waals surface area contributed by atoms with Gasteiger partial charge in [0.25, 0.3) is 11.8 Å². The third-order valence-electron chi connectivity index (χ3n) is 11.7. The highest BCUT2D eigenvalue weighted by atomic mass is 16.7. The van der Waals surface area contributed by atoms with Crippen LogP contribution >= 0.6 is 0 Å². The van der Waals surface area contributed by atoms with Crippen LogP contribution in [0.2, 0.25) is 0 Å². The number of nitrogens with zero attached hydrogens (tertiary/aromatic N) is 2. The van der Waals surface area contributed by atoms with E-state index in [4.69, 9.17) is 25.5 Å². The summed E-state index contributed by atoms with van der Waals surface area (Å²) >= 11 is 0. The van der Waals surface area contributed by atoms with Gasteiger partial charge in [-0.2, -0.15) is 0 Å². The Morgan fingerprint density at radius 2 is 1.38 bits per heavy atom. The van der Waals surface area contributed by atoms with Gasteiger partial charge in [-0.25, -0.2) is 0 Å². The minimum Gasteiger partial charge on any atom is -0.504 e. The lowest BCUT2D eigenvalue weighted by Crippen LogP contribution is -2.41. The van der Waals surface area contributed by atoms with Gasteiger partial charge in [0.05, 0.1) is 0 Å². The molecule has 1 atom stereocenters. The van der Waals surface area contributed by atoms with Crippen molar-refractivity contribution < 1.29 is 28.4 Å². The summed E-state index contributed by atoms with van der Waals surface area (Å²) in [6.07, 6.45) is 3.52. The van der Waals surface area contributed by atoms with E-state index < -0.39 is 18.7 Å². The molecule has 5 N–H and O–H groups in total. The molecule has 288 valence electrons. The van der Waals surface area contributed by atoms with Crippen LogP contribution in [0.1, 0.15) is 87.5 Å². The number of carbonyl (C=O) groups excluding carboxylic acids is 3. The maximum Gasteiger partial charge on any atom is 0.566 e. The Balaban J connectivity index is 0.881. The summed E-state index contributed by atoms with van der Waals surface area (Å²) in [5, 5.41) is 0.742. The highest BCUT2D eigenvalue weighted by Crippen LogP contribution is 2.32. The van der Waals surface area contributed by atoms with Crippen LogP contribution in [-0.2, 0) is 27.2 Å². The predicted molar refractivity (Wildman–Crippen MR) is 216 cm³/mol. The topological polar surface area (TPSA) is 153 Å². The van der Waals surface area contributed by atoms with Gasteiger partial charge in [-0.15, -0.1) is 0 Å². The highest BCUT2D eigenvalue weighted by molar-refractivity contribution is 6.67. The van der Waals surface area contributed by atoms with Crippen LogP contribution in [0.15, 0.2) is 97.1 Å². The lowest BCUT2D eigenvalue weighted by Gasteiger charge is -2.32. The molecule has 3 fully saturated rings. The summed E-state index contributed by atoms with van der Waals surface area (Å²) in [5.74, 6) is 0.557.